The normalized spacial score (nSPS) is 10.6. The van der Waals surface area contributed by atoms with Crippen LogP contribution in [0, 0.1) is 31.0 Å². The summed E-state index contributed by atoms with van der Waals surface area (Å²) in [6.45, 7) is 3.58. The molecule has 0 spiro atoms. The van der Waals surface area contributed by atoms with Gasteiger partial charge in [-0.15, -0.1) is 0 Å². The molecule has 0 fully saturated rings. The lowest BCUT2D eigenvalue weighted by atomic mass is 10.2. The Morgan fingerprint density at radius 2 is 1.92 bits per heavy atom. The molecule has 24 heavy (non-hydrogen) atoms. The molecular formula is C17H13FN4OS. The molecular weight excluding hydrogens is 327 g/mol. The molecule has 0 atom stereocenters. The van der Waals surface area contributed by atoms with Gasteiger partial charge in [0, 0.05) is 11.3 Å². The van der Waals surface area contributed by atoms with Crippen molar-refractivity contribution in [3.63, 3.8) is 0 Å². The summed E-state index contributed by atoms with van der Waals surface area (Å²) in [5, 5.41) is 9.89. The number of halogens is 1. The number of thioether (sulfide) groups is 1. The zero-order valence-electron chi connectivity index (χ0n) is 13.1. The van der Waals surface area contributed by atoms with Gasteiger partial charge in [-0.3, -0.25) is 0 Å². The summed E-state index contributed by atoms with van der Waals surface area (Å²) in [6.07, 6.45) is 1.55. The molecule has 0 bridgehead atoms. The van der Waals surface area contributed by atoms with E-state index < -0.39 is 0 Å². The molecule has 0 N–H and O–H groups in total. The SMILES string of the molecule is Cc1nc(C)c(C#N)c(SCc2coc(-c3ccc(F)cc3)n2)n1. The summed E-state index contributed by atoms with van der Waals surface area (Å²) < 4.78 is 18.4. The lowest BCUT2D eigenvalue weighted by Crippen LogP contribution is -1.99. The summed E-state index contributed by atoms with van der Waals surface area (Å²) in [7, 11) is 0. The monoisotopic (exact) mass is 340 g/mol. The maximum absolute atomic E-state index is 13.0. The van der Waals surface area contributed by atoms with Crippen LogP contribution in [0.3, 0.4) is 0 Å². The lowest BCUT2D eigenvalue weighted by molar-refractivity contribution is 0.573. The van der Waals surface area contributed by atoms with Crippen LogP contribution in [-0.2, 0) is 5.75 Å². The van der Waals surface area contributed by atoms with E-state index in [2.05, 4.69) is 21.0 Å². The van der Waals surface area contributed by atoms with Gasteiger partial charge < -0.3 is 4.42 Å². The number of benzene rings is 1. The number of aryl methyl sites for hydroxylation is 2. The average Bonchev–Trinajstić information content (AvgIpc) is 3.02. The molecule has 0 saturated carbocycles. The zero-order chi connectivity index (χ0) is 17.1. The van der Waals surface area contributed by atoms with Crippen LogP contribution in [0.5, 0.6) is 0 Å². The first-order chi connectivity index (χ1) is 11.6. The van der Waals surface area contributed by atoms with Gasteiger partial charge in [-0.05, 0) is 38.1 Å². The second-order valence-corrected chi connectivity index (χ2v) is 6.05. The molecule has 0 saturated heterocycles. The van der Waals surface area contributed by atoms with E-state index >= 15 is 0 Å². The van der Waals surface area contributed by atoms with Crippen molar-refractivity contribution in [1.29, 1.82) is 5.26 Å². The highest BCUT2D eigenvalue weighted by Gasteiger charge is 2.13. The second kappa shape index (κ2) is 6.81. The summed E-state index contributed by atoms with van der Waals surface area (Å²) in [6, 6.07) is 8.09. The van der Waals surface area contributed by atoms with Crippen molar-refractivity contribution in [2.24, 2.45) is 0 Å². The largest absolute Gasteiger partial charge is 0.444 e. The molecule has 3 rings (SSSR count). The Kier molecular flexibility index (Phi) is 4.58. The number of nitriles is 1. The van der Waals surface area contributed by atoms with E-state index in [9.17, 15) is 9.65 Å². The molecule has 0 radical (unpaired) electrons. The van der Waals surface area contributed by atoms with Crippen molar-refractivity contribution >= 4 is 11.8 Å². The van der Waals surface area contributed by atoms with E-state index in [1.165, 1.54) is 23.9 Å². The molecule has 0 aliphatic carbocycles. The second-order valence-electron chi connectivity index (χ2n) is 5.09. The van der Waals surface area contributed by atoms with Crippen molar-refractivity contribution in [3.05, 3.63) is 59.1 Å². The van der Waals surface area contributed by atoms with Crippen molar-refractivity contribution in [1.82, 2.24) is 15.0 Å². The maximum atomic E-state index is 13.0. The number of rotatable bonds is 4. The molecule has 5 nitrogen and oxygen atoms in total. The highest BCUT2D eigenvalue weighted by Crippen LogP contribution is 2.27. The first-order valence-corrected chi connectivity index (χ1v) is 8.14. The predicted octanol–water partition coefficient (Wildman–Crippen LogP) is 4.05. The molecule has 0 aliphatic rings. The Labute approximate surface area is 142 Å². The molecule has 2 aromatic heterocycles. The number of hydrogen-bond donors (Lipinski definition) is 0. The Bertz CT molecular complexity index is 915. The summed E-state index contributed by atoms with van der Waals surface area (Å²) in [4.78, 5) is 12.9. The highest BCUT2D eigenvalue weighted by atomic mass is 32.2. The first-order valence-electron chi connectivity index (χ1n) is 7.15. The third kappa shape index (κ3) is 3.44. The van der Waals surface area contributed by atoms with Gasteiger partial charge in [-0.1, -0.05) is 11.8 Å². The van der Waals surface area contributed by atoms with Crippen LogP contribution in [0.1, 0.15) is 22.8 Å². The summed E-state index contributed by atoms with van der Waals surface area (Å²) in [5.41, 5.74) is 2.57. The van der Waals surface area contributed by atoms with Crippen LogP contribution in [0.2, 0.25) is 0 Å². The number of hydrogen-bond acceptors (Lipinski definition) is 6. The van der Waals surface area contributed by atoms with Crippen LogP contribution in [-0.4, -0.2) is 15.0 Å². The van der Waals surface area contributed by atoms with Gasteiger partial charge in [-0.25, -0.2) is 19.3 Å². The van der Waals surface area contributed by atoms with Crippen LogP contribution in [0.4, 0.5) is 4.39 Å². The van der Waals surface area contributed by atoms with Crippen molar-refractivity contribution < 1.29 is 8.81 Å². The van der Waals surface area contributed by atoms with Crippen LogP contribution >= 0.6 is 11.8 Å². The zero-order valence-corrected chi connectivity index (χ0v) is 13.9. The average molecular weight is 340 g/mol. The van der Waals surface area contributed by atoms with E-state index in [0.717, 1.165) is 5.69 Å². The van der Waals surface area contributed by atoms with Gasteiger partial charge in [0.2, 0.25) is 5.89 Å². The van der Waals surface area contributed by atoms with Gasteiger partial charge >= 0.3 is 0 Å². The van der Waals surface area contributed by atoms with Gasteiger partial charge in [0.15, 0.2) is 0 Å². The molecule has 1 aromatic carbocycles. The van der Waals surface area contributed by atoms with Crippen molar-refractivity contribution in [2.75, 3.05) is 0 Å². The van der Waals surface area contributed by atoms with Gasteiger partial charge in [0.25, 0.3) is 0 Å². The number of aromatic nitrogens is 3. The minimum atomic E-state index is -0.306. The molecule has 0 unspecified atom stereocenters. The predicted molar refractivity (Wildman–Crippen MR) is 87.7 cm³/mol. The van der Waals surface area contributed by atoms with E-state index in [-0.39, 0.29) is 5.82 Å². The van der Waals surface area contributed by atoms with E-state index in [4.69, 9.17) is 4.42 Å². The van der Waals surface area contributed by atoms with Crippen molar-refractivity contribution in [2.45, 2.75) is 24.6 Å². The number of oxazole rings is 1. The van der Waals surface area contributed by atoms with Crippen LogP contribution < -0.4 is 0 Å². The van der Waals surface area contributed by atoms with Crippen LogP contribution in [0.25, 0.3) is 11.5 Å². The van der Waals surface area contributed by atoms with Gasteiger partial charge in [-0.2, -0.15) is 5.26 Å². The summed E-state index contributed by atoms with van der Waals surface area (Å²) >= 11 is 1.41. The van der Waals surface area contributed by atoms with E-state index in [1.54, 1.807) is 32.2 Å². The van der Waals surface area contributed by atoms with Crippen LogP contribution in [0.15, 0.2) is 40.0 Å². The summed E-state index contributed by atoms with van der Waals surface area (Å²) in [5.74, 6) is 1.26. The Morgan fingerprint density at radius 3 is 2.62 bits per heavy atom. The fourth-order valence-corrected chi connectivity index (χ4v) is 3.11. The molecule has 0 aliphatic heterocycles. The lowest BCUT2D eigenvalue weighted by Gasteiger charge is -2.05. The minimum Gasteiger partial charge on any atom is -0.444 e. The Morgan fingerprint density at radius 1 is 1.17 bits per heavy atom. The molecule has 0 amide bonds. The van der Waals surface area contributed by atoms with Gasteiger partial charge in [0.1, 0.15) is 34.6 Å². The third-order valence-corrected chi connectivity index (χ3v) is 4.29. The topological polar surface area (TPSA) is 75.6 Å². The first kappa shape index (κ1) is 16.1. The fraction of sp³-hybridized carbons (Fsp3) is 0.176. The fourth-order valence-electron chi connectivity index (χ4n) is 2.16. The van der Waals surface area contributed by atoms with E-state index in [1.807, 2.05) is 0 Å². The van der Waals surface area contributed by atoms with E-state index in [0.29, 0.717) is 39.3 Å². The minimum absolute atomic E-state index is 0.306. The smallest absolute Gasteiger partial charge is 0.226 e. The quantitative estimate of drug-likeness (QED) is 0.527. The van der Waals surface area contributed by atoms with Crippen molar-refractivity contribution in [3.8, 4) is 17.5 Å². The Balaban J connectivity index is 1.77. The standard InChI is InChI=1S/C17H13FN4OS/c1-10-15(7-19)17(21-11(2)20-10)24-9-14-8-23-16(22-14)12-3-5-13(18)6-4-12/h3-6,8H,9H2,1-2H3. The Hall–Kier alpha value is -2.72. The van der Waals surface area contributed by atoms with Gasteiger partial charge in [0.05, 0.1) is 11.4 Å². The molecule has 2 heterocycles. The maximum Gasteiger partial charge on any atom is 0.226 e. The third-order valence-electron chi connectivity index (χ3n) is 3.28. The number of nitrogens with zero attached hydrogens (tertiary/aromatic N) is 4. The molecule has 3 aromatic rings. The highest BCUT2D eigenvalue weighted by molar-refractivity contribution is 7.98. The molecule has 120 valence electrons. The molecule has 7 heteroatoms.